The number of non-ortho nitro benzene ring substituents is 1. The monoisotopic (exact) mass is 459 g/mol. The van der Waals surface area contributed by atoms with Crippen LogP contribution >= 0.6 is 11.6 Å². The van der Waals surface area contributed by atoms with Crippen LogP contribution in [0.1, 0.15) is 17.2 Å². The average Bonchev–Trinajstić information content (AvgIpc) is 3.01. The van der Waals surface area contributed by atoms with E-state index in [-0.39, 0.29) is 34.2 Å². The standard InChI is InChI=1S/C22H22ClN3O6/c1-24(2)10-11-25-19(13-4-7-15(8-5-13)26(30)31)18(21(28)22(25)29)20(27)14-6-9-17(32-3)16(23)12-14/h4-9,12,19,27H,10-11H2,1-3H3/b20-18-. The number of likely N-dealkylation sites (tertiary alicyclic amines) is 1. The van der Waals surface area contributed by atoms with Crippen molar-refractivity contribution in [2.24, 2.45) is 0 Å². The molecule has 0 bridgehead atoms. The van der Waals surface area contributed by atoms with E-state index < -0.39 is 22.7 Å². The molecule has 9 nitrogen and oxygen atoms in total. The van der Waals surface area contributed by atoms with Gasteiger partial charge in [-0.3, -0.25) is 19.7 Å². The van der Waals surface area contributed by atoms with Crippen molar-refractivity contribution in [3.8, 4) is 5.75 Å². The fourth-order valence-electron chi connectivity index (χ4n) is 3.51. The summed E-state index contributed by atoms with van der Waals surface area (Å²) < 4.78 is 5.12. The molecule has 168 valence electrons. The molecule has 0 spiro atoms. The molecular weight excluding hydrogens is 438 g/mol. The number of rotatable bonds is 7. The second-order valence-electron chi connectivity index (χ2n) is 7.49. The minimum Gasteiger partial charge on any atom is -0.507 e. The quantitative estimate of drug-likeness (QED) is 0.222. The lowest BCUT2D eigenvalue weighted by Gasteiger charge is -2.26. The first-order chi connectivity index (χ1) is 15.1. The number of ketones is 1. The first kappa shape index (κ1) is 23.2. The van der Waals surface area contributed by atoms with Gasteiger partial charge >= 0.3 is 0 Å². The largest absolute Gasteiger partial charge is 0.507 e. The van der Waals surface area contributed by atoms with Crippen LogP contribution in [-0.2, 0) is 9.59 Å². The first-order valence-electron chi connectivity index (χ1n) is 9.67. The van der Waals surface area contributed by atoms with Crippen molar-refractivity contribution in [2.45, 2.75) is 6.04 Å². The number of likely N-dealkylation sites (N-methyl/N-ethyl adjacent to an activating group) is 1. The highest BCUT2D eigenvalue weighted by Crippen LogP contribution is 2.40. The number of nitro groups is 1. The van der Waals surface area contributed by atoms with Gasteiger partial charge in [-0.25, -0.2) is 0 Å². The van der Waals surface area contributed by atoms with Crippen molar-refractivity contribution in [3.63, 3.8) is 0 Å². The molecule has 1 atom stereocenters. The summed E-state index contributed by atoms with van der Waals surface area (Å²) in [7, 11) is 5.11. The maximum Gasteiger partial charge on any atom is 0.295 e. The Hall–Kier alpha value is -3.43. The lowest BCUT2D eigenvalue weighted by molar-refractivity contribution is -0.384. The molecule has 1 aliphatic heterocycles. The molecule has 1 heterocycles. The number of aliphatic hydroxyl groups excluding tert-OH is 1. The summed E-state index contributed by atoms with van der Waals surface area (Å²) in [5.41, 5.74) is 0.479. The number of hydrogen-bond donors (Lipinski definition) is 1. The van der Waals surface area contributed by atoms with Crippen molar-refractivity contribution in [1.82, 2.24) is 9.80 Å². The highest BCUT2D eigenvalue weighted by atomic mass is 35.5. The third-order valence-electron chi connectivity index (χ3n) is 5.17. The van der Waals surface area contributed by atoms with Gasteiger partial charge in [0.25, 0.3) is 17.4 Å². The van der Waals surface area contributed by atoms with Gasteiger partial charge in [0.05, 0.1) is 28.7 Å². The third-order valence-corrected chi connectivity index (χ3v) is 5.47. The van der Waals surface area contributed by atoms with E-state index in [1.54, 1.807) is 6.07 Å². The second-order valence-corrected chi connectivity index (χ2v) is 7.90. The van der Waals surface area contributed by atoms with Gasteiger partial charge in [-0.15, -0.1) is 0 Å². The lowest BCUT2D eigenvalue weighted by Crippen LogP contribution is -2.35. The number of Topliss-reactive ketones (excluding diaryl/α,β-unsaturated/α-hetero) is 1. The normalized spacial score (nSPS) is 17.8. The Morgan fingerprint density at radius 2 is 1.88 bits per heavy atom. The molecule has 0 aromatic heterocycles. The number of hydrogen-bond acceptors (Lipinski definition) is 7. The number of ether oxygens (including phenoxy) is 1. The van der Waals surface area contributed by atoms with Gasteiger partial charge < -0.3 is 19.6 Å². The van der Waals surface area contributed by atoms with Crippen LogP contribution < -0.4 is 4.74 Å². The highest BCUT2D eigenvalue weighted by Gasteiger charge is 2.46. The van der Waals surface area contributed by atoms with E-state index in [9.17, 15) is 24.8 Å². The number of amides is 1. The molecule has 1 amide bonds. The van der Waals surface area contributed by atoms with E-state index >= 15 is 0 Å². The number of carbonyl (C=O) groups is 2. The Balaban J connectivity index is 2.15. The minimum atomic E-state index is -0.906. The fourth-order valence-corrected chi connectivity index (χ4v) is 3.77. The van der Waals surface area contributed by atoms with E-state index in [1.807, 2.05) is 19.0 Å². The fraction of sp³-hybridized carbons (Fsp3) is 0.273. The van der Waals surface area contributed by atoms with Crippen LogP contribution in [0.15, 0.2) is 48.0 Å². The maximum absolute atomic E-state index is 13.0. The van der Waals surface area contributed by atoms with Gasteiger partial charge in [0.2, 0.25) is 0 Å². The third kappa shape index (κ3) is 4.44. The van der Waals surface area contributed by atoms with Crippen LogP contribution in [-0.4, -0.2) is 65.8 Å². The Labute approximate surface area is 189 Å². The minimum absolute atomic E-state index is 0.108. The lowest BCUT2D eigenvalue weighted by atomic mass is 9.95. The molecule has 1 saturated heterocycles. The number of carbonyl (C=O) groups excluding carboxylic acids is 2. The van der Waals surface area contributed by atoms with Crippen LogP contribution in [0.2, 0.25) is 5.02 Å². The van der Waals surface area contributed by atoms with Crippen LogP contribution in [0, 0.1) is 10.1 Å². The van der Waals surface area contributed by atoms with E-state index in [1.165, 1.54) is 48.4 Å². The summed E-state index contributed by atoms with van der Waals surface area (Å²) in [6.07, 6.45) is 0. The molecule has 0 aliphatic carbocycles. The van der Waals surface area contributed by atoms with Crippen LogP contribution in [0.25, 0.3) is 5.76 Å². The molecule has 1 aliphatic rings. The van der Waals surface area contributed by atoms with Crippen molar-refractivity contribution >= 4 is 34.7 Å². The van der Waals surface area contributed by atoms with E-state index in [0.29, 0.717) is 17.9 Å². The van der Waals surface area contributed by atoms with Gasteiger partial charge in [0.15, 0.2) is 0 Å². The van der Waals surface area contributed by atoms with E-state index in [0.717, 1.165) is 0 Å². The van der Waals surface area contributed by atoms with Crippen LogP contribution in [0.4, 0.5) is 5.69 Å². The predicted octanol–water partition coefficient (Wildman–Crippen LogP) is 3.24. The van der Waals surface area contributed by atoms with Gasteiger partial charge in [-0.1, -0.05) is 11.6 Å². The summed E-state index contributed by atoms with van der Waals surface area (Å²) in [4.78, 5) is 39.5. The molecule has 1 fully saturated rings. The topological polar surface area (TPSA) is 113 Å². The predicted molar refractivity (Wildman–Crippen MR) is 119 cm³/mol. The summed E-state index contributed by atoms with van der Waals surface area (Å²) in [6.45, 7) is 0.699. The molecule has 10 heteroatoms. The number of aliphatic hydroxyl groups is 1. The Morgan fingerprint density at radius 3 is 2.41 bits per heavy atom. The summed E-state index contributed by atoms with van der Waals surface area (Å²) in [5.74, 6) is -1.59. The molecule has 1 N–H and O–H groups in total. The molecule has 1 unspecified atom stereocenters. The average molecular weight is 460 g/mol. The zero-order valence-corrected chi connectivity index (χ0v) is 18.5. The molecule has 2 aromatic rings. The second kappa shape index (κ2) is 9.37. The van der Waals surface area contributed by atoms with Gasteiger partial charge in [0, 0.05) is 30.8 Å². The zero-order valence-electron chi connectivity index (χ0n) is 17.7. The Kier molecular flexibility index (Phi) is 6.81. The van der Waals surface area contributed by atoms with Gasteiger partial charge in [-0.05, 0) is 50.0 Å². The van der Waals surface area contributed by atoms with Gasteiger partial charge in [0.1, 0.15) is 11.5 Å². The molecule has 0 radical (unpaired) electrons. The highest BCUT2D eigenvalue weighted by molar-refractivity contribution is 6.46. The van der Waals surface area contributed by atoms with Crippen molar-refractivity contribution in [1.29, 1.82) is 0 Å². The first-order valence-corrected chi connectivity index (χ1v) is 10.0. The zero-order chi connectivity index (χ0) is 23.6. The van der Waals surface area contributed by atoms with Crippen LogP contribution in [0.5, 0.6) is 5.75 Å². The number of benzene rings is 2. The number of nitrogens with zero attached hydrogens (tertiary/aromatic N) is 3. The molecule has 0 saturated carbocycles. The van der Waals surface area contributed by atoms with Gasteiger partial charge in [-0.2, -0.15) is 0 Å². The summed E-state index contributed by atoms with van der Waals surface area (Å²) in [5, 5.41) is 22.3. The SMILES string of the molecule is COc1ccc(/C(O)=C2/C(=O)C(=O)N(CCN(C)C)C2c2ccc([N+](=O)[O-])cc2)cc1Cl. The molecule has 3 rings (SSSR count). The molecule has 2 aromatic carbocycles. The molecular formula is C22H22ClN3O6. The summed E-state index contributed by atoms with van der Waals surface area (Å²) in [6, 6.07) is 9.15. The van der Waals surface area contributed by atoms with E-state index in [4.69, 9.17) is 16.3 Å². The molecule has 32 heavy (non-hydrogen) atoms. The summed E-state index contributed by atoms with van der Waals surface area (Å²) >= 11 is 6.17. The van der Waals surface area contributed by atoms with Crippen LogP contribution in [0.3, 0.4) is 0 Å². The smallest absolute Gasteiger partial charge is 0.295 e. The number of methoxy groups -OCH3 is 1. The Morgan fingerprint density at radius 1 is 1.22 bits per heavy atom. The maximum atomic E-state index is 13.0. The number of nitro benzene ring substituents is 1. The van der Waals surface area contributed by atoms with Crippen molar-refractivity contribution in [2.75, 3.05) is 34.3 Å². The van der Waals surface area contributed by atoms with Crippen molar-refractivity contribution < 1.29 is 24.4 Å². The van der Waals surface area contributed by atoms with Crippen molar-refractivity contribution in [3.05, 3.63) is 74.3 Å². The number of halogens is 1. The Bertz CT molecular complexity index is 1100. The van der Waals surface area contributed by atoms with E-state index in [2.05, 4.69) is 0 Å².